The zero-order valence-corrected chi connectivity index (χ0v) is 42.4. The van der Waals surface area contributed by atoms with Gasteiger partial charge in [-0.05, 0) is 67.6 Å². The van der Waals surface area contributed by atoms with Gasteiger partial charge in [-0.2, -0.15) is 0 Å². The van der Waals surface area contributed by atoms with Gasteiger partial charge in [0, 0.05) is 79.3 Å². The SMILES string of the molecule is C[C@H](NC(=O)c1ccncc1)C(=O)N[C@H](C)C(=O)N[C@@H](CC(N)=O)C(=O)N[C@@H](CCN(C(=O)CO)[C@@H](c1cc(-c2cc(F)ccc2F)cn1Cc1ccccc1)C(C)(C)C)C(=O)NCCNC(=O)CN1C(=O)C=CC1=O. The van der Waals surface area contributed by atoms with Crippen LogP contribution in [0.2, 0.25) is 0 Å². The minimum atomic E-state index is -1.76. The van der Waals surface area contributed by atoms with Crippen LogP contribution in [0, 0.1) is 17.0 Å². The lowest BCUT2D eigenvalue weighted by molar-refractivity contribution is -0.141. The van der Waals surface area contributed by atoms with Crippen molar-refractivity contribution in [3.05, 3.63) is 126 Å². The predicted octanol–water partition coefficient (Wildman–Crippen LogP) is 0.500. The number of aromatic nitrogens is 2. The van der Waals surface area contributed by atoms with Gasteiger partial charge < -0.3 is 52.2 Å². The fourth-order valence-corrected chi connectivity index (χ4v) is 8.17. The molecule has 0 fully saturated rings. The summed E-state index contributed by atoms with van der Waals surface area (Å²) in [6, 6.07) is 9.72. The molecule has 0 radical (unpaired) electrons. The van der Waals surface area contributed by atoms with Crippen molar-refractivity contribution in [2.24, 2.45) is 11.1 Å². The highest BCUT2D eigenvalue weighted by Crippen LogP contribution is 2.41. The van der Waals surface area contributed by atoms with Crippen molar-refractivity contribution in [3.8, 4) is 11.1 Å². The van der Waals surface area contributed by atoms with Gasteiger partial charge in [-0.25, -0.2) is 8.78 Å². The van der Waals surface area contributed by atoms with E-state index in [1.54, 1.807) is 37.6 Å². The van der Waals surface area contributed by atoms with Gasteiger partial charge in [0.1, 0.15) is 49.0 Å². The highest BCUT2D eigenvalue weighted by Gasteiger charge is 2.39. The number of primary amides is 1. The molecule has 0 unspecified atom stereocenters. The smallest absolute Gasteiger partial charge is 0.254 e. The van der Waals surface area contributed by atoms with E-state index in [4.69, 9.17) is 5.73 Å². The molecule has 1 aliphatic rings. The quantitative estimate of drug-likeness (QED) is 0.0333. The Labute approximate surface area is 436 Å². The Hall–Kier alpha value is -8.67. The normalized spacial score (nSPS) is 14.1. The van der Waals surface area contributed by atoms with Gasteiger partial charge in [-0.15, -0.1) is 0 Å². The maximum Gasteiger partial charge on any atom is 0.254 e. The van der Waals surface area contributed by atoms with Crippen molar-refractivity contribution in [2.45, 2.75) is 84.2 Å². The van der Waals surface area contributed by atoms with Crippen LogP contribution < -0.4 is 37.6 Å². The number of imide groups is 1. The average Bonchev–Trinajstić information content (AvgIpc) is 3.93. The van der Waals surface area contributed by atoms with E-state index in [1.165, 1.54) is 43.3 Å². The van der Waals surface area contributed by atoms with Crippen LogP contribution in [-0.4, -0.2) is 140 Å². The summed E-state index contributed by atoms with van der Waals surface area (Å²) in [6.45, 7) is 5.68. The molecule has 0 saturated heterocycles. The Balaban J connectivity index is 1.42. The van der Waals surface area contributed by atoms with Crippen LogP contribution in [0.4, 0.5) is 8.78 Å². The van der Waals surface area contributed by atoms with E-state index in [9.17, 15) is 57.4 Å². The van der Waals surface area contributed by atoms with E-state index in [-0.39, 0.29) is 42.9 Å². The topological polar surface area (TPSA) is 313 Å². The van der Waals surface area contributed by atoms with E-state index in [2.05, 4.69) is 36.9 Å². The summed E-state index contributed by atoms with van der Waals surface area (Å²) in [7, 11) is 0. The van der Waals surface area contributed by atoms with Gasteiger partial charge in [0.25, 0.3) is 17.7 Å². The Morgan fingerprint density at radius 3 is 2.01 bits per heavy atom. The number of pyridine rings is 1. The number of nitrogens with zero attached hydrogens (tertiary/aromatic N) is 4. The Morgan fingerprint density at radius 2 is 1.38 bits per heavy atom. The molecular formula is C52H61F2N11O11. The molecule has 24 heteroatoms. The zero-order valence-electron chi connectivity index (χ0n) is 42.4. The summed E-state index contributed by atoms with van der Waals surface area (Å²) < 4.78 is 31.7. The number of nitrogens with two attached hydrogens (primary N) is 1. The average molecular weight is 1050 g/mol. The molecule has 9 N–H and O–H groups in total. The largest absolute Gasteiger partial charge is 0.387 e. The number of benzene rings is 2. The number of carbonyl (C=O) groups is 10. The molecule has 22 nitrogen and oxygen atoms in total. The number of rotatable bonds is 25. The first-order chi connectivity index (χ1) is 36.0. The van der Waals surface area contributed by atoms with Crippen molar-refractivity contribution in [1.29, 1.82) is 0 Å². The predicted molar refractivity (Wildman–Crippen MR) is 269 cm³/mol. The molecule has 4 aromatic rings. The van der Waals surface area contributed by atoms with Gasteiger partial charge in [0.05, 0.1) is 12.5 Å². The Kier molecular flexibility index (Phi) is 20.3. The van der Waals surface area contributed by atoms with Crippen molar-refractivity contribution >= 4 is 59.1 Å². The second kappa shape index (κ2) is 26.5. The van der Waals surface area contributed by atoms with Crippen LogP contribution >= 0.6 is 0 Å². The molecule has 10 amide bonds. The minimum absolute atomic E-state index is 0.0687. The molecule has 404 valence electrons. The zero-order chi connectivity index (χ0) is 55.9. The lowest BCUT2D eigenvalue weighted by Crippen LogP contribution is -2.58. The second-order valence-electron chi connectivity index (χ2n) is 18.9. The molecule has 76 heavy (non-hydrogen) atoms. The molecule has 3 heterocycles. The summed E-state index contributed by atoms with van der Waals surface area (Å²) in [5.41, 5.74) is 6.23. The maximum atomic E-state index is 15.4. The number of halogens is 2. The van der Waals surface area contributed by atoms with Gasteiger partial charge in [0.15, 0.2) is 0 Å². The summed E-state index contributed by atoms with van der Waals surface area (Å²) in [5.74, 6) is -9.81. The molecule has 0 bridgehead atoms. The molecule has 2 aromatic heterocycles. The molecule has 2 aromatic carbocycles. The molecule has 0 spiro atoms. The molecule has 5 atom stereocenters. The van der Waals surface area contributed by atoms with Crippen LogP contribution in [0.25, 0.3) is 11.1 Å². The molecule has 0 aliphatic carbocycles. The number of carbonyl (C=O) groups excluding carboxylic acids is 10. The minimum Gasteiger partial charge on any atom is -0.387 e. The first kappa shape index (κ1) is 58.2. The maximum absolute atomic E-state index is 15.4. The fraction of sp³-hybridized carbons (Fsp3) is 0.365. The summed E-state index contributed by atoms with van der Waals surface area (Å²) in [6.07, 6.45) is 5.17. The third-order valence-corrected chi connectivity index (χ3v) is 11.9. The summed E-state index contributed by atoms with van der Waals surface area (Å²) in [4.78, 5) is 136. The standard InChI is InChI=1S/C52H61F2N11O11/c1-30(60-49(74)33-15-18-56-19-16-33)47(72)59-31(2)48(73)62-39(25-41(55)67)51(76)61-38(50(75)58-21-20-57-42(68)28-65-43(69)13-14-44(65)70)17-22-64(45(71)29-66)46(52(3,4)5)40-23-34(36-24-35(53)11-12-37(36)54)27-63(40)26-32-9-7-6-8-10-32/h6-16,18-19,23-24,27,30-31,38-39,46,66H,17,20-22,25-26,28-29H2,1-5H3,(H2,55,67)(H,57,68)(H,58,75)(H,59,72)(H,60,74)(H,61,76)(H,62,73)/t30-,31+,38-,39-,46-/m0/s1. The first-order valence-electron chi connectivity index (χ1n) is 24.0. The number of hydrogen-bond acceptors (Lipinski definition) is 12. The molecule has 0 saturated carbocycles. The third kappa shape index (κ3) is 16.2. The van der Waals surface area contributed by atoms with Crippen LogP contribution in [0.1, 0.15) is 75.1 Å². The second-order valence-corrected chi connectivity index (χ2v) is 18.9. The first-order valence-corrected chi connectivity index (χ1v) is 24.0. The van der Waals surface area contributed by atoms with Gasteiger partial charge in [0.2, 0.25) is 41.4 Å². The van der Waals surface area contributed by atoms with Crippen molar-refractivity contribution < 1.29 is 61.8 Å². The summed E-state index contributed by atoms with van der Waals surface area (Å²) >= 11 is 0. The molecular weight excluding hydrogens is 993 g/mol. The van der Waals surface area contributed by atoms with Gasteiger partial charge >= 0.3 is 0 Å². The van der Waals surface area contributed by atoms with Crippen molar-refractivity contribution in [2.75, 3.05) is 32.8 Å². The molecule has 5 rings (SSSR count). The number of aliphatic hydroxyl groups excluding tert-OH is 1. The highest BCUT2D eigenvalue weighted by atomic mass is 19.1. The van der Waals surface area contributed by atoms with Crippen LogP contribution in [0.5, 0.6) is 0 Å². The van der Waals surface area contributed by atoms with Crippen LogP contribution in [-0.2, 0) is 49.7 Å². The van der Waals surface area contributed by atoms with Gasteiger partial charge in [-0.1, -0.05) is 51.1 Å². The number of aliphatic hydroxyl groups is 1. The number of nitrogens with one attached hydrogen (secondary N) is 6. The van der Waals surface area contributed by atoms with Crippen LogP contribution in [0.15, 0.2) is 97.5 Å². The fourth-order valence-electron chi connectivity index (χ4n) is 8.17. The highest BCUT2D eigenvalue weighted by molar-refractivity contribution is 6.14. The lowest BCUT2D eigenvalue weighted by Gasteiger charge is -2.41. The third-order valence-electron chi connectivity index (χ3n) is 11.9. The van der Waals surface area contributed by atoms with E-state index in [0.29, 0.717) is 10.6 Å². The van der Waals surface area contributed by atoms with Gasteiger partial charge in [-0.3, -0.25) is 57.8 Å². The number of hydrogen-bond donors (Lipinski definition) is 8. The monoisotopic (exact) mass is 1050 g/mol. The molecule has 1 aliphatic heterocycles. The van der Waals surface area contributed by atoms with E-state index >= 15 is 4.39 Å². The van der Waals surface area contributed by atoms with E-state index < -0.39 is 132 Å². The Bertz CT molecular complexity index is 2820. The Morgan fingerprint density at radius 1 is 0.763 bits per heavy atom. The van der Waals surface area contributed by atoms with Crippen molar-refractivity contribution in [1.82, 2.24) is 51.3 Å². The van der Waals surface area contributed by atoms with E-state index in [1.807, 2.05) is 30.3 Å². The summed E-state index contributed by atoms with van der Waals surface area (Å²) in [5, 5.41) is 25.3. The number of amides is 10. The van der Waals surface area contributed by atoms with E-state index in [0.717, 1.165) is 35.9 Å². The van der Waals surface area contributed by atoms with Crippen LogP contribution in [0.3, 0.4) is 0 Å². The lowest BCUT2D eigenvalue weighted by atomic mass is 9.82. The van der Waals surface area contributed by atoms with Crippen molar-refractivity contribution in [3.63, 3.8) is 0 Å².